The van der Waals surface area contributed by atoms with Crippen LogP contribution in [0.1, 0.15) is 29.2 Å². The van der Waals surface area contributed by atoms with Gasteiger partial charge in [0.25, 0.3) is 0 Å². The molecule has 0 aliphatic carbocycles. The van der Waals surface area contributed by atoms with Crippen LogP contribution in [0.15, 0.2) is 46.9 Å². The first-order valence-electron chi connectivity index (χ1n) is 7.23. The number of furan rings is 1. The maximum Gasteiger partial charge on any atom is 0.358 e. The minimum absolute atomic E-state index is 0.0272. The Balaban J connectivity index is 1.83. The quantitative estimate of drug-likeness (QED) is 0.689. The fraction of sp³-hybridized carbons (Fsp3) is 0.235. The van der Waals surface area contributed by atoms with Crippen molar-refractivity contribution in [3.05, 3.63) is 53.9 Å². The minimum atomic E-state index is -0.503. The van der Waals surface area contributed by atoms with Crippen LogP contribution in [0.5, 0.6) is 0 Å². The van der Waals surface area contributed by atoms with E-state index in [0.717, 1.165) is 16.7 Å². The third-order valence-electron chi connectivity index (χ3n) is 3.84. The monoisotopic (exact) mass is 311 g/mol. The fourth-order valence-corrected chi connectivity index (χ4v) is 2.32. The Morgan fingerprint density at radius 2 is 2.00 bits per heavy atom. The molecule has 118 valence electrons. The van der Waals surface area contributed by atoms with Crippen LogP contribution in [0.4, 0.5) is 5.82 Å². The van der Waals surface area contributed by atoms with Gasteiger partial charge in [-0.3, -0.25) is 0 Å². The van der Waals surface area contributed by atoms with Crippen LogP contribution in [0.25, 0.3) is 11.0 Å². The molecule has 6 heteroatoms. The van der Waals surface area contributed by atoms with Crippen LogP contribution in [-0.4, -0.2) is 30.3 Å². The topological polar surface area (TPSA) is 68.5 Å². The Bertz CT molecular complexity index is 793. The van der Waals surface area contributed by atoms with Gasteiger partial charge in [-0.2, -0.15) is 0 Å². The van der Waals surface area contributed by atoms with Gasteiger partial charge >= 0.3 is 5.97 Å². The molecule has 1 aromatic carbocycles. The summed E-state index contributed by atoms with van der Waals surface area (Å²) in [6.07, 6.45) is 0. The summed E-state index contributed by atoms with van der Waals surface area (Å²) < 4.78 is 10.5. The number of hydrogen-bond donors (Lipinski definition) is 0. The van der Waals surface area contributed by atoms with Gasteiger partial charge in [-0.05, 0) is 31.2 Å². The largest absolute Gasteiger partial charge is 0.464 e. The molecule has 2 aromatic heterocycles. The van der Waals surface area contributed by atoms with Crippen LogP contribution in [0.3, 0.4) is 0 Å². The number of esters is 1. The molecule has 1 atom stereocenters. The molecule has 6 nitrogen and oxygen atoms in total. The molecule has 0 saturated heterocycles. The second kappa shape index (κ2) is 6.08. The number of aromatic nitrogens is 2. The molecule has 0 aliphatic rings. The molecule has 3 rings (SSSR count). The first-order chi connectivity index (χ1) is 11.1. The fourth-order valence-electron chi connectivity index (χ4n) is 2.32. The molecule has 0 aliphatic heterocycles. The van der Waals surface area contributed by atoms with Gasteiger partial charge in [-0.15, -0.1) is 10.2 Å². The molecule has 3 aromatic rings. The normalized spacial score (nSPS) is 12.1. The van der Waals surface area contributed by atoms with Crippen molar-refractivity contribution in [3.63, 3.8) is 0 Å². The Kier molecular flexibility index (Phi) is 3.97. The lowest BCUT2D eigenvalue weighted by molar-refractivity contribution is 0.0592. The summed E-state index contributed by atoms with van der Waals surface area (Å²) in [5.41, 5.74) is 1.04. The summed E-state index contributed by atoms with van der Waals surface area (Å²) in [5, 5.41) is 9.04. The van der Waals surface area contributed by atoms with Gasteiger partial charge in [0.1, 0.15) is 11.3 Å². The highest BCUT2D eigenvalue weighted by Crippen LogP contribution is 2.28. The average molecular weight is 311 g/mol. The van der Waals surface area contributed by atoms with Crippen LogP contribution < -0.4 is 4.90 Å². The van der Waals surface area contributed by atoms with Gasteiger partial charge in [-0.25, -0.2) is 4.79 Å². The van der Waals surface area contributed by atoms with Crippen molar-refractivity contribution in [2.24, 2.45) is 0 Å². The Morgan fingerprint density at radius 1 is 1.22 bits per heavy atom. The van der Waals surface area contributed by atoms with E-state index in [-0.39, 0.29) is 11.7 Å². The number of benzene rings is 1. The molecule has 2 heterocycles. The summed E-state index contributed by atoms with van der Waals surface area (Å²) in [4.78, 5) is 13.3. The molecule has 0 amide bonds. The number of ether oxygens (including phenoxy) is 1. The first kappa shape index (κ1) is 15.0. The number of nitrogens with zero attached hydrogens (tertiary/aromatic N) is 3. The van der Waals surface area contributed by atoms with Gasteiger partial charge in [0, 0.05) is 12.4 Å². The van der Waals surface area contributed by atoms with Gasteiger partial charge in [-0.1, -0.05) is 18.2 Å². The number of para-hydroxylation sites is 1. The highest BCUT2D eigenvalue weighted by molar-refractivity contribution is 5.87. The summed E-state index contributed by atoms with van der Waals surface area (Å²) in [7, 11) is 3.22. The third-order valence-corrected chi connectivity index (χ3v) is 3.84. The summed E-state index contributed by atoms with van der Waals surface area (Å²) in [5.74, 6) is 0.982. The summed E-state index contributed by atoms with van der Waals surface area (Å²) >= 11 is 0. The Morgan fingerprint density at radius 3 is 2.65 bits per heavy atom. The average Bonchev–Trinajstić information content (AvgIpc) is 3.04. The maximum atomic E-state index is 11.4. The number of fused-ring (bicyclic) bond motifs is 1. The highest BCUT2D eigenvalue weighted by atomic mass is 16.5. The number of carbonyl (C=O) groups excluding carboxylic acids is 1. The standard InChI is InChI=1S/C17H17N3O3/c1-11(15-10-12-6-4-5-7-14(12)23-15)20(2)16-9-8-13(18-19-16)17(21)22-3/h4-11H,1-3H3. The van der Waals surface area contributed by atoms with E-state index in [2.05, 4.69) is 14.9 Å². The second-order valence-electron chi connectivity index (χ2n) is 5.24. The number of methoxy groups -OCH3 is 1. The van der Waals surface area contributed by atoms with Crippen LogP contribution in [0, 0.1) is 0 Å². The second-order valence-corrected chi connectivity index (χ2v) is 5.24. The zero-order valence-corrected chi connectivity index (χ0v) is 13.2. The SMILES string of the molecule is COC(=O)c1ccc(N(C)C(C)c2cc3ccccc3o2)nn1. The Labute approximate surface area is 133 Å². The van der Waals surface area contributed by atoms with E-state index in [1.807, 2.05) is 49.2 Å². The van der Waals surface area contributed by atoms with E-state index in [9.17, 15) is 4.79 Å². The van der Waals surface area contributed by atoms with Gasteiger partial charge < -0.3 is 14.1 Å². The third kappa shape index (κ3) is 2.88. The number of anilines is 1. The van der Waals surface area contributed by atoms with E-state index < -0.39 is 5.97 Å². The molecule has 1 unspecified atom stereocenters. The van der Waals surface area contributed by atoms with Crippen LogP contribution >= 0.6 is 0 Å². The lowest BCUT2D eigenvalue weighted by Crippen LogP contribution is -2.23. The van der Waals surface area contributed by atoms with E-state index >= 15 is 0 Å². The number of rotatable bonds is 4. The van der Waals surface area contributed by atoms with E-state index in [1.54, 1.807) is 12.1 Å². The van der Waals surface area contributed by atoms with Gasteiger partial charge in [0.15, 0.2) is 11.5 Å². The highest BCUT2D eigenvalue weighted by Gasteiger charge is 2.18. The predicted octanol–water partition coefficient (Wildman–Crippen LogP) is 3.21. The molecule has 0 N–H and O–H groups in total. The number of hydrogen-bond acceptors (Lipinski definition) is 6. The van der Waals surface area contributed by atoms with Crippen molar-refractivity contribution in [1.82, 2.24) is 10.2 Å². The molecule has 0 radical (unpaired) electrons. The van der Waals surface area contributed by atoms with Crippen molar-refractivity contribution in [1.29, 1.82) is 0 Å². The zero-order valence-electron chi connectivity index (χ0n) is 13.2. The van der Waals surface area contributed by atoms with Crippen molar-refractivity contribution in [2.45, 2.75) is 13.0 Å². The van der Waals surface area contributed by atoms with E-state index in [1.165, 1.54) is 7.11 Å². The van der Waals surface area contributed by atoms with Crippen molar-refractivity contribution < 1.29 is 13.9 Å². The first-order valence-corrected chi connectivity index (χ1v) is 7.23. The van der Waals surface area contributed by atoms with Crippen LogP contribution in [0.2, 0.25) is 0 Å². The molecule has 0 fully saturated rings. The molecule has 0 bridgehead atoms. The van der Waals surface area contributed by atoms with Crippen molar-refractivity contribution >= 4 is 22.8 Å². The lowest BCUT2D eigenvalue weighted by atomic mass is 10.2. The molecule has 0 spiro atoms. The van der Waals surface area contributed by atoms with Gasteiger partial charge in [0.2, 0.25) is 0 Å². The molecular weight excluding hydrogens is 294 g/mol. The molecular formula is C17H17N3O3. The van der Waals surface area contributed by atoms with Crippen molar-refractivity contribution in [3.8, 4) is 0 Å². The maximum absolute atomic E-state index is 11.4. The molecule has 23 heavy (non-hydrogen) atoms. The smallest absolute Gasteiger partial charge is 0.358 e. The zero-order chi connectivity index (χ0) is 16.4. The summed E-state index contributed by atoms with van der Waals surface area (Å²) in [6.45, 7) is 2.02. The van der Waals surface area contributed by atoms with Crippen LogP contribution in [-0.2, 0) is 4.74 Å². The van der Waals surface area contributed by atoms with Crippen molar-refractivity contribution in [2.75, 3.05) is 19.1 Å². The Hall–Kier alpha value is -2.89. The number of carbonyl (C=O) groups is 1. The summed E-state index contributed by atoms with van der Waals surface area (Å²) in [6, 6.07) is 13.2. The molecule has 0 saturated carbocycles. The van der Waals surface area contributed by atoms with Gasteiger partial charge in [0.05, 0.1) is 13.2 Å². The lowest BCUT2D eigenvalue weighted by Gasteiger charge is -2.23. The minimum Gasteiger partial charge on any atom is -0.464 e. The predicted molar refractivity (Wildman–Crippen MR) is 86.4 cm³/mol. The van der Waals surface area contributed by atoms with E-state index in [0.29, 0.717) is 5.82 Å². The van der Waals surface area contributed by atoms with E-state index in [4.69, 9.17) is 4.42 Å².